The van der Waals surface area contributed by atoms with Crippen LogP contribution in [0.1, 0.15) is 26.2 Å². The predicted octanol–water partition coefficient (Wildman–Crippen LogP) is 2.61. The van der Waals surface area contributed by atoms with Crippen LogP contribution in [0.25, 0.3) is 0 Å². The SMILES string of the molecule is C=C1CC2CC1CC2C. The molecule has 50 valence electrons. The first kappa shape index (κ1) is 5.52. The highest BCUT2D eigenvalue weighted by Gasteiger charge is 2.39. The van der Waals surface area contributed by atoms with Gasteiger partial charge in [0.15, 0.2) is 0 Å². The molecule has 2 rings (SSSR count). The molecule has 0 heteroatoms. The van der Waals surface area contributed by atoms with Gasteiger partial charge in [-0.05, 0) is 37.0 Å². The topological polar surface area (TPSA) is 0 Å². The molecule has 2 fully saturated rings. The van der Waals surface area contributed by atoms with E-state index in [2.05, 4.69) is 13.5 Å². The summed E-state index contributed by atoms with van der Waals surface area (Å²) in [5.41, 5.74) is 1.54. The van der Waals surface area contributed by atoms with Gasteiger partial charge in [-0.3, -0.25) is 0 Å². The Labute approximate surface area is 57.0 Å². The van der Waals surface area contributed by atoms with Gasteiger partial charge in [-0.15, -0.1) is 0 Å². The average Bonchev–Trinajstić information content (AvgIpc) is 2.24. The molecule has 9 heavy (non-hydrogen) atoms. The quantitative estimate of drug-likeness (QED) is 0.433. The maximum absolute atomic E-state index is 4.07. The van der Waals surface area contributed by atoms with Crippen molar-refractivity contribution < 1.29 is 0 Å². The Morgan fingerprint density at radius 3 is 2.56 bits per heavy atom. The van der Waals surface area contributed by atoms with E-state index >= 15 is 0 Å². The van der Waals surface area contributed by atoms with Gasteiger partial charge in [0.2, 0.25) is 0 Å². The molecule has 0 amide bonds. The third-order valence-corrected chi connectivity index (χ3v) is 3.15. The molecule has 2 saturated carbocycles. The van der Waals surface area contributed by atoms with Crippen molar-refractivity contribution in [3.05, 3.63) is 12.2 Å². The van der Waals surface area contributed by atoms with Crippen molar-refractivity contribution in [2.75, 3.05) is 0 Å². The van der Waals surface area contributed by atoms with Gasteiger partial charge in [-0.25, -0.2) is 0 Å². The highest BCUT2D eigenvalue weighted by atomic mass is 14.4. The molecule has 2 aliphatic carbocycles. The smallest absolute Gasteiger partial charge is 0.0200 e. The van der Waals surface area contributed by atoms with Crippen LogP contribution in [-0.4, -0.2) is 0 Å². The lowest BCUT2D eigenvalue weighted by Gasteiger charge is -2.17. The molecule has 0 aromatic rings. The van der Waals surface area contributed by atoms with Gasteiger partial charge in [0, 0.05) is 0 Å². The Balaban J connectivity index is 2.19. The molecule has 3 unspecified atom stereocenters. The summed E-state index contributed by atoms with van der Waals surface area (Å²) < 4.78 is 0. The summed E-state index contributed by atoms with van der Waals surface area (Å²) in [6.07, 6.45) is 4.23. The van der Waals surface area contributed by atoms with E-state index < -0.39 is 0 Å². The highest BCUT2D eigenvalue weighted by Crippen LogP contribution is 2.50. The van der Waals surface area contributed by atoms with Crippen molar-refractivity contribution in [2.45, 2.75) is 26.2 Å². The van der Waals surface area contributed by atoms with Crippen molar-refractivity contribution in [1.82, 2.24) is 0 Å². The molecule has 0 N–H and O–H groups in total. The fourth-order valence-electron chi connectivity index (χ4n) is 2.46. The largest absolute Gasteiger partial charge is 0.0996 e. The van der Waals surface area contributed by atoms with Crippen molar-refractivity contribution in [2.24, 2.45) is 17.8 Å². The molecule has 2 bridgehead atoms. The van der Waals surface area contributed by atoms with Crippen LogP contribution in [0, 0.1) is 17.8 Å². The third-order valence-electron chi connectivity index (χ3n) is 3.15. The van der Waals surface area contributed by atoms with E-state index in [1.54, 1.807) is 0 Å². The van der Waals surface area contributed by atoms with Crippen LogP contribution < -0.4 is 0 Å². The van der Waals surface area contributed by atoms with Crippen LogP contribution in [0.3, 0.4) is 0 Å². The summed E-state index contributed by atoms with van der Waals surface area (Å²) in [6, 6.07) is 0. The maximum Gasteiger partial charge on any atom is -0.0200 e. The first-order valence-corrected chi connectivity index (χ1v) is 3.95. The molecule has 0 nitrogen and oxygen atoms in total. The van der Waals surface area contributed by atoms with E-state index in [9.17, 15) is 0 Å². The molecule has 0 spiro atoms. The standard InChI is InChI=1S/C9H14/c1-6-3-9-5-8(6)4-7(9)2/h7-9H,1,3-5H2,2H3. The Hall–Kier alpha value is -0.260. The molecular formula is C9H14. The fourth-order valence-corrected chi connectivity index (χ4v) is 2.46. The summed E-state index contributed by atoms with van der Waals surface area (Å²) in [4.78, 5) is 0. The molecule has 0 heterocycles. The zero-order valence-corrected chi connectivity index (χ0v) is 6.06. The molecule has 3 atom stereocenters. The van der Waals surface area contributed by atoms with Gasteiger partial charge in [0.05, 0.1) is 0 Å². The molecule has 0 aliphatic heterocycles. The van der Waals surface area contributed by atoms with E-state index in [1.165, 1.54) is 24.8 Å². The normalized spacial score (nSPS) is 48.6. The van der Waals surface area contributed by atoms with Crippen LogP contribution in [0.5, 0.6) is 0 Å². The summed E-state index contributed by atoms with van der Waals surface area (Å²) in [6.45, 7) is 6.46. The molecule has 0 saturated heterocycles. The lowest BCUT2D eigenvalue weighted by atomic mass is 9.88. The second kappa shape index (κ2) is 1.62. The zero-order chi connectivity index (χ0) is 6.43. The molecule has 0 aromatic heterocycles. The molecule has 2 aliphatic rings. The molecular weight excluding hydrogens is 108 g/mol. The summed E-state index contributed by atoms with van der Waals surface area (Å²) >= 11 is 0. The van der Waals surface area contributed by atoms with Gasteiger partial charge in [-0.1, -0.05) is 19.1 Å². The van der Waals surface area contributed by atoms with Crippen LogP contribution in [-0.2, 0) is 0 Å². The number of rotatable bonds is 0. The minimum absolute atomic E-state index is 0.921. The minimum Gasteiger partial charge on any atom is -0.0996 e. The molecule has 0 aromatic carbocycles. The van der Waals surface area contributed by atoms with E-state index in [0.717, 1.165) is 17.8 Å². The zero-order valence-electron chi connectivity index (χ0n) is 6.06. The lowest BCUT2D eigenvalue weighted by Crippen LogP contribution is -2.06. The first-order chi connectivity index (χ1) is 4.27. The highest BCUT2D eigenvalue weighted by molar-refractivity contribution is 5.13. The fraction of sp³-hybridized carbons (Fsp3) is 0.778. The van der Waals surface area contributed by atoms with Crippen LogP contribution in [0.2, 0.25) is 0 Å². The van der Waals surface area contributed by atoms with Crippen LogP contribution in [0.4, 0.5) is 0 Å². The van der Waals surface area contributed by atoms with Gasteiger partial charge >= 0.3 is 0 Å². The second-order valence-electron chi connectivity index (χ2n) is 3.77. The van der Waals surface area contributed by atoms with E-state index in [4.69, 9.17) is 0 Å². The van der Waals surface area contributed by atoms with Gasteiger partial charge in [0.25, 0.3) is 0 Å². The van der Waals surface area contributed by atoms with Crippen molar-refractivity contribution >= 4 is 0 Å². The van der Waals surface area contributed by atoms with E-state index in [0.29, 0.717) is 0 Å². The van der Waals surface area contributed by atoms with Crippen LogP contribution in [0.15, 0.2) is 12.2 Å². The number of hydrogen-bond donors (Lipinski definition) is 0. The predicted molar refractivity (Wildman–Crippen MR) is 39.1 cm³/mol. The maximum atomic E-state index is 4.07. The third kappa shape index (κ3) is 0.654. The summed E-state index contributed by atoms with van der Waals surface area (Å²) in [5, 5.41) is 0. The van der Waals surface area contributed by atoms with Gasteiger partial charge < -0.3 is 0 Å². The second-order valence-corrected chi connectivity index (χ2v) is 3.77. The Bertz CT molecular complexity index is 144. The van der Waals surface area contributed by atoms with E-state index in [-0.39, 0.29) is 0 Å². The lowest BCUT2D eigenvalue weighted by molar-refractivity contribution is 0.405. The Morgan fingerprint density at radius 2 is 2.22 bits per heavy atom. The number of allylic oxidation sites excluding steroid dienone is 1. The number of hydrogen-bond acceptors (Lipinski definition) is 0. The van der Waals surface area contributed by atoms with Gasteiger partial charge in [0.1, 0.15) is 0 Å². The molecule has 0 radical (unpaired) electrons. The Morgan fingerprint density at radius 1 is 1.44 bits per heavy atom. The first-order valence-electron chi connectivity index (χ1n) is 3.95. The van der Waals surface area contributed by atoms with Crippen molar-refractivity contribution in [1.29, 1.82) is 0 Å². The van der Waals surface area contributed by atoms with Crippen LogP contribution >= 0.6 is 0 Å². The average molecular weight is 122 g/mol. The van der Waals surface area contributed by atoms with Crippen molar-refractivity contribution in [3.63, 3.8) is 0 Å². The minimum atomic E-state index is 0.921. The van der Waals surface area contributed by atoms with E-state index in [1.807, 2.05) is 0 Å². The number of fused-ring (bicyclic) bond motifs is 2. The summed E-state index contributed by atoms with van der Waals surface area (Å²) in [7, 11) is 0. The van der Waals surface area contributed by atoms with Gasteiger partial charge in [-0.2, -0.15) is 0 Å². The Kier molecular flexibility index (Phi) is 0.992. The monoisotopic (exact) mass is 122 g/mol. The summed E-state index contributed by atoms with van der Waals surface area (Å²) in [5.74, 6) is 2.94. The van der Waals surface area contributed by atoms with Crippen molar-refractivity contribution in [3.8, 4) is 0 Å².